The molecule has 1 rings (SSSR count). The monoisotopic (exact) mass is 133 g/mol. The van der Waals surface area contributed by atoms with Crippen LogP contribution in [0.4, 0.5) is 0 Å². The average molecular weight is 133 g/mol. The minimum absolute atomic E-state index is 0.0787. The summed E-state index contributed by atoms with van der Waals surface area (Å²) >= 11 is 0.887. The van der Waals surface area contributed by atoms with E-state index >= 15 is 0 Å². The van der Waals surface area contributed by atoms with Gasteiger partial charge in [0.1, 0.15) is 6.26 Å². The first kappa shape index (κ1) is 5.30. The zero-order valence-corrected chi connectivity index (χ0v) is 4.57. The third-order valence-electron chi connectivity index (χ3n) is 0.596. The number of carboxylic acid groups (broad SMARTS) is 1. The number of hydrogen-bond donors (Lipinski definition) is 2. The Hall–Kier alpha value is -0.840. The van der Waals surface area contributed by atoms with E-state index in [1.807, 2.05) is 0 Å². The molecule has 0 atom stereocenters. The van der Waals surface area contributed by atoms with E-state index < -0.39 is 5.97 Å². The molecule has 1 heterocycles. The van der Waals surface area contributed by atoms with Gasteiger partial charge in [-0.3, -0.25) is 4.72 Å². The van der Waals surface area contributed by atoms with Gasteiger partial charge in [-0.15, -0.1) is 0 Å². The molecule has 44 valence electrons. The van der Waals surface area contributed by atoms with Gasteiger partial charge in [0.25, 0.3) is 0 Å². The number of aliphatic carboxylic acids is 1. The summed E-state index contributed by atoms with van der Waals surface area (Å²) in [5.74, 6) is -1.00. The largest absolute Gasteiger partial charge is 0.476 e. The summed E-state index contributed by atoms with van der Waals surface area (Å²) in [7, 11) is 0. The molecular weight excluding hydrogens is 130 g/mol. The summed E-state index contributed by atoms with van der Waals surface area (Å²) < 4.78 is 6.89. The van der Waals surface area contributed by atoms with Gasteiger partial charge in [0.15, 0.2) is 17.9 Å². The first-order chi connectivity index (χ1) is 3.80. The van der Waals surface area contributed by atoms with Crippen molar-refractivity contribution in [3.63, 3.8) is 0 Å². The predicted octanol–water partition coefficient (Wildman–Crippen LogP) is 0.0954. The maximum atomic E-state index is 9.98. The fraction of sp³-hybridized carbons (Fsp3) is 0. The van der Waals surface area contributed by atoms with Crippen molar-refractivity contribution in [2.24, 2.45) is 0 Å². The molecule has 0 aromatic rings. The summed E-state index contributed by atoms with van der Waals surface area (Å²) in [5, 5.41) is 8.19. The highest BCUT2D eigenvalue weighted by Crippen LogP contribution is 2.10. The third kappa shape index (κ3) is 0.865. The Morgan fingerprint density at radius 1 is 2.00 bits per heavy atom. The van der Waals surface area contributed by atoms with E-state index in [0.29, 0.717) is 0 Å². The number of rotatable bonds is 1. The lowest BCUT2D eigenvalue weighted by molar-refractivity contribution is -0.132. The van der Waals surface area contributed by atoms with E-state index in [1.165, 1.54) is 0 Å². The molecule has 0 radical (unpaired) electrons. The van der Waals surface area contributed by atoms with E-state index in [4.69, 9.17) is 5.11 Å². The second-order valence-corrected chi connectivity index (χ2v) is 1.68. The Morgan fingerprint density at radius 2 is 2.75 bits per heavy atom. The van der Waals surface area contributed by atoms with Crippen LogP contribution in [0.5, 0.6) is 0 Å². The van der Waals surface area contributed by atoms with Gasteiger partial charge in [-0.1, -0.05) is 0 Å². The number of carbonyl (C=O) groups is 1. The average Bonchev–Trinajstić information content (AvgIpc) is 2.12. The molecule has 1 aliphatic heterocycles. The van der Waals surface area contributed by atoms with Gasteiger partial charge in [0, 0.05) is 0 Å². The van der Waals surface area contributed by atoms with Gasteiger partial charge in [0.2, 0.25) is 0 Å². The van der Waals surface area contributed by atoms with Gasteiger partial charge >= 0.3 is 5.97 Å². The minimum atomic E-state index is -1.00. The Bertz CT molecular complexity index is 143. The van der Waals surface area contributed by atoms with Crippen molar-refractivity contribution in [2.75, 3.05) is 0 Å². The number of carboxylic acids is 1. The van der Waals surface area contributed by atoms with Gasteiger partial charge in [-0.05, 0) is 0 Å². The van der Waals surface area contributed by atoms with Crippen molar-refractivity contribution in [3.8, 4) is 0 Å². The molecule has 0 amide bonds. The fourth-order valence-corrected chi connectivity index (χ4v) is 0.677. The molecule has 0 unspecified atom stereocenters. The van der Waals surface area contributed by atoms with Crippen LogP contribution < -0.4 is 4.72 Å². The standard InChI is InChI=1S/C3H3NO3S/c5-3(6)2-1-7-8-4-2/h1,4H,(H,5,6). The van der Waals surface area contributed by atoms with Crippen molar-refractivity contribution in [2.45, 2.75) is 0 Å². The van der Waals surface area contributed by atoms with Crippen LogP contribution in [0.25, 0.3) is 0 Å². The number of hydrogen-bond acceptors (Lipinski definition) is 4. The van der Waals surface area contributed by atoms with E-state index in [-0.39, 0.29) is 5.70 Å². The summed E-state index contributed by atoms with van der Waals surface area (Å²) in [5.41, 5.74) is 0.0787. The first-order valence-electron chi connectivity index (χ1n) is 1.82. The van der Waals surface area contributed by atoms with E-state index in [9.17, 15) is 4.79 Å². The van der Waals surface area contributed by atoms with Gasteiger partial charge in [-0.25, -0.2) is 4.79 Å². The molecular formula is C3H3NO3S. The summed E-state index contributed by atoms with van der Waals surface area (Å²) in [6, 6.07) is 0. The van der Waals surface area contributed by atoms with Gasteiger partial charge in [-0.2, -0.15) is 0 Å². The lowest BCUT2D eigenvalue weighted by atomic mass is 10.5. The Balaban J connectivity index is 2.57. The normalized spacial score (nSPS) is 16.2. The van der Waals surface area contributed by atoms with Crippen LogP contribution in [0.1, 0.15) is 0 Å². The highest BCUT2D eigenvalue weighted by molar-refractivity contribution is 7.93. The topological polar surface area (TPSA) is 58.6 Å². The van der Waals surface area contributed by atoms with Crippen LogP contribution in [0.3, 0.4) is 0 Å². The smallest absolute Gasteiger partial charge is 0.356 e. The molecule has 8 heavy (non-hydrogen) atoms. The second-order valence-electron chi connectivity index (χ2n) is 1.12. The van der Waals surface area contributed by atoms with Crippen LogP contribution >= 0.6 is 12.2 Å². The molecule has 2 N–H and O–H groups in total. The molecule has 0 spiro atoms. The first-order valence-corrected chi connectivity index (χ1v) is 2.56. The van der Waals surface area contributed by atoms with E-state index in [0.717, 1.165) is 18.5 Å². The maximum absolute atomic E-state index is 9.98. The molecule has 0 aliphatic carbocycles. The number of nitrogens with one attached hydrogen (secondary N) is 1. The van der Waals surface area contributed by atoms with Crippen molar-refractivity contribution in [1.82, 2.24) is 4.72 Å². The van der Waals surface area contributed by atoms with Crippen LogP contribution in [0.2, 0.25) is 0 Å². The maximum Gasteiger partial charge on any atom is 0.356 e. The van der Waals surface area contributed by atoms with Crippen molar-refractivity contribution >= 4 is 18.2 Å². The van der Waals surface area contributed by atoms with Crippen molar-refractivity contribution in [1.29, 1.82) is 0 Å². The zero-order chi connectivity index (χ0) is 5.98. The van der Waals surface area contributed by atoms with Crippen molar-refractivity contribution < 1.29 is 14.1 Å². The Labute approximate surface area is 49.9 Å². The van der Waals surface area contributed by atoms with Gasteiger partial charge < -0.3 is 9.29 Å². The molecule has 4 nitrogen and oxygen atoms in total. The second kappa shape index (κ2) is 1.95. The summed E-state index contributed by atoms with van der Waals surface area (Å²) in [4.78, 5) is 9.98. The fourth-order valence-electron chi connectivity index (χ4n) is 0.259. The molecule has 0 bridgehead atoms. The highest BCUT2D eigenvalue weighted by Gasteiger charge is 2.12. The van der Waals surface area contributed by atoms with Crippen LogP contribution in [0.15, 0.2) is 12.0 Å². The van der Waals surface area contributed by atoms with Crippen LogP contribution in [-0.2, 0) is 8.98 Å². The molecule has 1 aliphatic rings. The molecule has 5 heteroatoms. The molecule has 0 aromatic heterocycles. The molecule has 0 saturated heterocycles. The minimum Gasteiger partial charge on any atom is -0.476 e. The zero-order valence-electron chi connectivity index (χ0n) is 3.75. The Kier molecular flexibility index (Phi) is 1.29. The molecule has 0 saturated carbocycles. The SMILES string of the molecule is O=C(O)C1=COSN1. The van der Waals surface area contributed by atoms with Crippen molar-refractivity contribution in [3.05, 3.63) is 12.0 Å². The lowest BCUT2D eigenvalue weighted by Gasteiger charge is -1.87. The molecule has 0 fully saturated rings. The summed E-state index contributed by atoms with van der Waals surface area (Å²) in [6.45, 7) is 0. The molecule has 0 aromatic carbocycles. The van der Waals surface area contributed by atoms with Gasteiger partial charge in [0.05, 0.1) is 0 Å². The van der Waals surface area contributed by atoms with E-state index in [1.54, 1.807) is 0 Å². The highest BCUT2D eigenvalue weighted by atomic mass is 32.2. The van der Waals surface area contributed by atoms with E-state index in [2.05, 4.69) is 8.91 Å². The predicted molar refractivity (Wildman–Crippen MR) is 27.5 cm³/mol. The summed E-state index contributed by atoms with van der Waals surface area (Å²) in [6.07, 6.45) is 1.15. The van der Waals surface area contributed by atoms with Crippen LogP contribution in [-0.4, -0.2) is 11.1 Å². The van der Waals surface area contributed by atoms with Crippen LogP contribution in [0, 0.1) is 0 Å². The third-order valence-corrected chi connectivity index (χ3v) is 1.09. The lowest BCUT2D eigenvalue weighted by Crippen LogP contribution is -2.08. The quantitative estimate of drug-likeness (QED) is 0.392. The Morgan fingerprint density at radius 3 is 3.00 bits per heavy atom.